The molecule has 0 radical (unpaired) electrons. The molecule has 2 aromatic carbocycles. The van der Waals surface area contributed by atoms with Crippen molar-refractivity contribution in [3.05, 3.63) is 53.3 Å². The van der Waals surface area contributed by atoms with Crippen LogP contribution in [0.15, 0.2) is 41.3 Å². The van der Waals surface area contributed by atoms with Gasteiger partial charge in [0.1, 0.15) is 5.82 Å². The molecule has 0 unspecified atom stereocenters. The zero-order valence-electron chi connectivity index (χ0n) is 17.7. The quantitative estimate of drug-likeness (QED) is 0.583. The van der Waals surface area contributed by atoms with Gasteiger partial charge in [-0.2, -0.15) is 13.1 Å². The first kappa shape index (κ1) is 24.8. The van der Waals surface area contributed by atoms with Gasteiger partial charge in [-0.3, -0.25) is 4.79 Å². The molecule has 33 heavy (non-hydrogen) atoms. The van der Waals surface area contributed by atoms with Crippen molar-refractivity contribution in [2.24, 2.45) is 0 Å². The molecule has 180 valence electrons. The topological polar surface area (TPSA) is 94.2 Å². The monoisotopic (exact) mass is 488 g/mol. The number of amides is 1. The van der Waals surface area contributed by atoms with Gasteiger partial charge in [0.25, 0.3) is 5.91 Å². The van der Waals surface area contributed by atoms with E-state index in [2.05, 4.69) is 10.1 Å². The average molecular weight is 488 g/mol. The van der Waals surface area contributed by atoms with Gasteiger partial charge in [-0.05, 0) is 42.3 Å². The first-order valence-electron chi connectivity index (χ1n) is 9.99. The average Bonchev–Trinajstić information content (AvgIpc) is 2.79. The van der Waals surface area contributed by atoms with Crippen molar-refractivity contribution in [1.82, 2.24) is 9.62 Å². The molecule has 1 heterocycles. The molecule has 1 saturated heterocycles. The first-order valence-corrected chi connectivity index (χ1v) is 11.4. The summed E-state index contributed by atoms with van der Waals surface area (Å²) in [5.41, 5.74) is 0.150. The molecule has 0 saturated carbocycles. The number of alkyl halides is 2. The summed E-state index contributed by atoms with van der Waals surface area (Å²) < 4.78 is 80.7. The van der Waals surface area contributed by atoms with E-state index in [1.807, 2.05) is 0 Å². The molecule has 1 amide bonds. The number of morpholine rings is 1. The number of sulfonamides is 1. The van der Waals surface area contributed by atoms with E-state index in [0.717, 1.165) is 18.2 Å². The molecule has 12 heteroatoms. The van der Waals surface area contributed by atoms with Crippen molar-refractivity contribution in [3.8, 4) is 11.5 Å². The number of methoxy groups -OCH3 is 1. The van der Waals surface area contributed by atoms with Crippen LogP contribution in [0.5, 0.6) is 11.5 Å². The SMILES string of the molecule is COc1ccc(CCNC(=O)c2cc(S(=O)(=O)N3CCOCC3)ccc2F)cc1OC(F)F. The van der Waals surface area contributed by atoms with Gasteiger partial charge < -0.3 is 19.5 Å². The summed E-state index contributed by atoms with van der Waals surface area (Å²) in [4.78, 5) is 12.3. The van der Waals surface area contributed by atoms with Crippen LogP contribution in [-0.2, 0) is 21.2 Å². The Hall–Kier alpha value is -2.83. The number of halogens is 3. The van der Waals surface area contributed by atoms with Crippen LogP contribution in [0.2, 0.25) is 0 Å². The van der Waals surface area contributed by atoms with E-state index in [1.165, 1.54) is 23.5 Å². The fraction of sp³-hybridized carbons (Fsp3) is 0.381. The standard InChI is InChI=1S/C21H23F3N2O6S/c1-30-18-5-2-14(12-19(18)32-21(23)24)6-7-25-20(27)16-13-15(3-4-17(16)22)33(28,29)26-8-10-31-11-9-26/h2-5,12-13,21H,6-11H2,1H3,(H,25,27). The summed E-state index contributed by atoms with van der Waals surface area (Å²) in [5, 5.41) is 2.51. The summed E-state index contributed by atoms with van der Waals surface area (Å²) in [6.45, 7) is -2.15. The summed E-state index contributed by atoms with van der Waals surface area (Å²) in [7, 11) is -2.59. The molecule has 0 aliphatic carbocycles. The van der Waals surface area contributed by atoms with E-state index >= 15 is 0 Å². The van der Waals surface area contributed by atoms with E-state index in [9.17, 15) is 26.4 Å². The molecule has 2 aromatic rings. The van der Waals surface area contributed by atoms with Crippen molar-refractivity contribution >= 4 is 15.9 Å². The van der Waals surface area contributed by atoms with E-state index in [1.54, 1.807) is 6.07 Å². The van der Waals surface area contributed by atoms with Gasteiger partial charge in [-0.1, -0.05) is 6.07 Å². The minimum absolute atomic E-state index is 0.0408. The fourth-order valence-electron chi connectivity index (χ4n) is 3.26. The number of hydrogen-bond acceptors (Lipinski definition) is 6. The number of nitrogens with zero attached hydrogens (tertiary/aromatic N) is 1. The minimum atomic E-state index is -3.90. The molecule has 1 aliphatic heterocycles. The van der Waals surface area contributed by atoms with Crippen LogP contribution in [0.4, 0.5) is 13.2 Å². The van der Waals surface area contributed by atoms with Crippen molar-refractivity contribution in [3.63, 3.8) is 0 Å². The second-order valence-corrected chi connectivity index (χ2v) is 8.97. The van der Waals surface area contributed by atoms with Crippen LogP contribution in [0.25, 0.3) is 0 Å². The van der Waals surface area contributed by atoms with Crippen LogP contribution in [0, 0.1) is 5.82 Å². The van der Waals surface area contributed by atoms with Gasteiger partial charge in [0, 0.05) is 19.6 Å². The minimum Gasteiger partial charge on any atom is -0.493 e. The van der Waals surface area contributed by atoms with E-state index in [0.29, 0.717) is 5.56 Å². The molecule has 1 fully saturated rings. The van der Waals surface area contributed by atoms with Crippen LogP contribution >= 0.6 is 0 Å². The molecule has 0 bridgehead atoms. The van der Waals surface area contributed by atoms with Crippen LogP contribution < -0.4 is 14.8 Å². The Bertz CT molecular complexity index is 1090. The Kier molecular flexibility index (Phi) is 8.16. The van der Waals surface area contributed by atoms with Crippen molar-refractivity contribution in [1.29, 1.82) is 0 Å². The predicted molar refractivity (Wildman–Crippen MR) is 112 cm³/mol. The maximum atomic E-state index is 14.3. The van der Waals surface area contributed by atoms with Gasteiger partial charge in [0.05, 0.1) is 30.8 Å². The third kappa shape index (κ3) is 6.15. The number of benzene rings is 2. The predicted octanol–water partition coefficient (Wildman–Crippen LogP) is 2.43. The van der Waals surface area contributed by atoms with Crippen molar-refractivity contribution in [2.45, 2.75) is 17.9 Å². The molecule has 0 spiro atoms. The summed E-state index contributed by atoms with van der Waals surface area (Å²) in [6, 6.07) is 7.46. The number of carbonyl (C=O) groups is 1. The third-order valence-electron chi connectivity index (χ3n) is 4.93. The Morgan fingerprint density at radius 1 is 1.15 bits per heavy atom. The molecule has 1 aliphatic rings. The lowest BCUT2D eigenvalue weighted by Gasteiger charge is -2.26. The summed E-state index contributed by atoms with van der Waals surface area (Å²) in [6.07, 6.45) is 0.225. The van der Waals surface area contributed by atoms with E-state index in [4.69, 9.17) is 9.47 Å². The lowest BCUT2D eigenvalue weighted by atomic mass is 10.1. The summed E-state index contributed by atoms with van der Waals surface area (Å²) in [5.74, 6) is -1.69. The first-order chi connectivity index (χ1) is 15.7. The zero-order chi connectivity index (χ0) is 24.0. The lowest BCUT2D eigenvalue weighted by Crippen LogP contribution is -2.40. The van der Waals surface area contributed by atoms with E-state index in [-0.39, 0.29) is 55.7 Å². The molecule has 3 rings (SSSR count). The Balaban J connectivity index is 1.68. The Morgan fingerprint density at radius 2 is 1.88 bits per heavy atom. The maximum Gasteiger partial charge on any atom is 0.387 e. The van der Waals surface area contributed by atoms with Gasteiger partial charge >= 0.3 is 6.61 Å². The highest BCUT2D eigenvalue weighted by molar-refractivity contribution is 7.89. The van der Waals surface area contributed by atoms with Crippen LogP contribution in [-0.4, -0.2) is 65.2 Å². The molecular formula is C21H23F3N2O6S. The molecule has 1 N–H and O–H groups in total. The number of nitrogens with one attached hydrogen (secondary N) is 1. The molecule has 0 atom stereocenters. The van der Waals surface area contributed by atoms with Gasteiger partial charge in [-0.25, -0.2) is 12.8 Å². The van der Waals surface area contributed by atoms with Crippen LogP contribution in [0.3, 0.4) is 0 Å². The highest BCUT2D eigenvalue weighted by Crippen LogP contribution is 2.29. The van der Waals surface area contributed by atoms with E-state index < -0.39 is 33.9 Å². The largest absolute Gasteiger partial charge is 0.493 e. The highest BCUT2D eigenvalue weighted by atomic mass is 32.2. The number of ether oxygens (including phenoxy) is 3. The molecule has 0 aromatic heterocycles. The lowest BCUT2D eigenvalue weighted by molar-refractivity contribution is -0.0512. The van der Waals surface area contributed by atoms with Gasteiger partial charge in [0.2, 0.25) is 10.0 Å². The third-order valence-corrected chi connectivity index (χ3v) is 6.83. The molecule has 8 nitrogen and oxygen atoms in total. The normalized spacial score (nSPS) is 14.8. The molecular weight excluding hydrogens is 465 g/mol. The van der Waals surface area contributed by atoms with Crippen LogP contribution in [0.1, 0.15) is 15.9 Å². The number of carbonyl (C=O) groups excluding carboxylic acids is 1. The smallest absolute Gasteiger partial charge is 0.387 e. The maximum absolute atomic E-state index is 14.3. The Labute approximate surface area is 189 Å². The fourth-order valence-corrected chi connectivity index (χ4v) is 4.69. The highest BCUT2D eigenvalue weighted by Gasteiger charge is 2.28. The van der Waals surface area contributed by atoms with Crippen molar-refractivity contribution in [2.75, 3.05) is 40.0 Å². The van der Waals surface area contributed by atoms with Crippen molar-refractivity contribution < 1.29 is 40.6 Å². The second-order valence-electron chi connectivity index (χ2n) is 7.03. The summed E-state index contributed by atoms with van der Waals surface area (Å²) >= 11 is 0. The number of rotatable bonds is 9. The second kappa shape index (κ2) is 10.9. The van der Waals surface area contributed by atoms with Gasteiger partial charge in [0.15, 0.2) is 11.5 Å². The number of hydrogen-bond donors (Lipinski definition) is 1. The Morgan fingerprint density at radius 3 is 2.55 bits per heavy atom. The van der Waals surface area contributed by atoms with Gasteiger partial charge in [-0.15, -0.1) is 0 Å². The zero-order valence-corrected chi connectivity index (χ0v) is 18.5.